The van der Waals surface area contributed by atoms with Crippen LogP contribution in [0.4, 0.5) is 17.6 Å². The third kappa shape index (κ3) is 4.50. The molecule has 0 aliphatic rings. The molecule has 0 aliphatic carbocycles. The number of carbonyl (C=O) groups is 2. The first-order chi connectivity index (χ1) is 12.3. The normalized spacial score (nSPS) is 10.3. The van der Waals surface area contributed by atoms with Crippen LogP contribution in [-0.2, 0) is 16.1 Å². The molecule has 5 nitrogen and oxygen atoms in total. The maximum Gasteiger partial charge on any atom is 0.337 e. The van der Waals surface area contributed by atoms with E-state index in [4.69, 9.17) is 0 Å². The Morgan fingerprint density at radius 2 is 1.58 bits per heavy atom. The maximum absolute atomic E-state index is 13.4. The third-order valence-corrected chi connectivity index (χ3v) is 3.28. The Hall–Kier alpha value is -3.10. The Bertz CT molecular complexity index is 798. The minimum Gasteiger partial charge on any atom is -0.477 e. The van der Waals surface area contributed by atoms with E-state index in [1.165, 1.54) is 19.2 Å². The molecule has 0 aliphatic heterocycles. The Kier molecular flexibility index (Phi) is 6.16. The van der Waals surface area contributed by atoms with Crippen molar-refractivity contribution in [2.24, 2.45) is 0 Å². The van der Waals surface area contributed by atoms with Crippen LogP contribution in [0.1, 0.15) is 15.9 Å². The SMILES string of the molecule is COC(=O)c1ccc(CNC(=O)COc2c(F)c(F)cc(F)c2F)cc1. The molecule has 2 aromatic rings. The molecule has 138 valence electrons. The van der Waals surface area contributed by atoms with E-state index in [1.807, 2.05) is 0 Å². The first-order valence-electron chi connectivity index (χ1n) is 7.23. The lowest BCUT2D eigenvalue weighted by Gasteiger charge is -2.10. The minimum atomic E-state index is -1.73. The zero-order valence-electron chi connectivity index (χ0n) is 13.4. The van der Waals surface area contributed by atoms with Gasteiger partial charge in [-0.15, -0.1) is 0 Å². The van der Waals surface area contributed by atoms with Gasteiger partial charge in [0.15, 0.2) is 24.0 Å². The third-order valence-electron chi connectivity index (χ3n) is 3.28. The number of hydrogen-bond donors (Lipinski definition) is 1. The first kappa shape index (κ1) is 19.2. The van der Waals surface area contributed by atoms with Crippen molar-refractivity contribution in [1.82, 2.24) is 5.32 Å². The van der Waals surface area contributed by atoms with E-state index >= 15 is 0 Å². The molecule has 0 heterocycles. The topological polar surface area (TPSA) is 64.6 Å². The lowest BCUT2D eigenvalue weighted by Crippen LogP contribution is -2.28. The van der Waals surface area contributed by atoms with Gasteiger partial charge in [-0.25, -0.2) is 13.6 Å². The molecule has 0 fully saturated rings. The number of methoxy groups -OCH3 is 1. The van der Waals surface area contributed by atoms with Gasteiger partial charge in [0, 0.05) is 12.6 Å². The summed E-state index contributed by atoms with van der Waals surface area (Å²) < 4.78 is 62.0. The number of nitrogens with one attached hydrogen (secondary N) is 1. The average Bonchev–Trinajstić information content (AvgIpc) is 2.64. The quantitative estimate of drug-likeness (QED) is 0.482. The summed E-state index contributed by atoms with van der Waals surface area (Å²) in [7, 11) is 1.24. The predicted octanol–water partition coefficient (Wildman–Crippen LogP) is 2.72. The molecular formula is C17H13F4NO4. The van der Waals surface area contributed by atoms with Crippen LogP contribution in [0.15, 0.2) is 30.3 Å². The lowest BCUT2D eigenvalue weighted by molar-refractivity contribution is -0.123. The van der Waals surface area contributed by atoms with Gasteiger partial charge in [0.25, 0.3) is 5.91 Å². The largest absolute Gasteiger partial charge is 0.477 e. The fourth-order valence-electron chi connectivity index (χ4n) is 1.94. The van der Waals surface area contributed by atoms with E-state index in [1.54, 1.807) is 12.1 Å². The number of ether oxygens (including phenoxy) is 2. The molecule has 0 unspecified atom stereocenters. The molecule has 0 aromatic heterocycles. The maximum atomic E-state index is 13.4. The summed E-state index contributed by atoms with van der Waals surface area (Å²) in [5, 5.41) is 2.39. The van der Waals surface area contributed by atoms with Gasteiger partial charge in [-0.05, 0) is 17.7 Å². The Balaban J connectivity index is 1.91. The highest BCUT2D eigenvalue weighted by Gasteiger charge is 2.21. The molecule has 0 radical (unpaired) electrons. The van der Waals surface area contributed by atoms with Crippen molar-refractivity contribution >= 4 is 11.9 Å². The standard InChI is InChI=1S/C17H13F4NO4/c1-25-17(24)10-4-2-9(3-5-10)7-22-13(23)8-26-16-14(20)11(18)6-12(19)15(16)21/h2-6H,7-8H2,1H3,(H,22,23). The van der Waals surface area contributed by atoms with E-state index < -0.39 is 47.5 Å². The van der Waals surface area contributed by atoms with Gasteiger partial charge >= 0.3 is 5.97 Å². The number of carbonyl (C=O) groups excluding carboxylic acids is 2. The highest BCUT2D eigenvalue weighted by Crippen LogP contribution is 2.26. The van der Waals surface area contributed by atoms with Crippen molar-refractivity contribution in [1.29, 1.82) is 0 Å². The van der Waals surface area contributed by atoms with Gasteiger partial charge in [-0.2, -0.15) is 8.78 Å². The molecular weight excluding hydrogens is 358 g/mol. The van der Waals surface area contributed by atoms with Crippen LogP contribution in [0.5, 0.6) is 5.75 Å². The number of amides is 1. The van der Waals surface area contributed by atoms with Crippen molar-refractivity contribution in [3.63, 3.8) is 0 Å². The van der Waals surface area contributed by atoms with E-state index in [2.05, 4.69) is 14.8 Å². The van der Waals surface area contributed by atoms with Gasteiger partial charge < -0.3 is 14.8 Å². The van der Waals surface area contributed by atoms with Crippen molar-refractivity contribution in [2.45, 2.75) is 6.54 Å². The second-order valence-corrected chi connectivity index (χ2v) is 5.05. The fourth-order valence-corrected chi connectivity index (χ4v) is 1.94. The van der Waals surface area contributed by atoms with Gasteiger partial charge in [-0.3, -0.25) is 4.79 Å². The first-order valence-corrected chi connectivity index (χ1v) is 7.23. The molecule has 1 N–H and O–H groups in total. The summed E-state index contributed by atoms with van der Waals surface area (Å²) in [4.78, 5) is 23.0. The number of esters is 1. The van der Waals surface area contributed by atoms with Crippen molar-refractivity contribution in [2.75, 3.05) is 13.7 Å². The summed E-state index contributed by atoms with van der Waals surface area (Å²) >= 11 is 0. The molecule has 0 atom stereocenters. The van der Waals surface area contributed by atoms with Crippen LogP contribution >= 0.6 is 0 Å². The van der Waals surface area contributed by atoms with Gasteiger partial charge in [-0.1, -0.05) is 12.1 Å². The summed E-state index contributed by atoms with van der Waals surface area (Å²) in [6.07, 6.45) is 0. The van der Waals surface area contributed by atoms with E-state index in [0.29, 0.717) is 11.1 Å². The van der Waals surface area contributed by atoms with Crippen molar-refractivity contribution < 1.29 is 36.6 Å². The van der Waals surface area contributed by atoms with Crippen LogP contribution in [0, 0.1) is 23.3 Å². The number of rotatable bonds is 6. The second-order valence-electron chi connectivity index (χ2n) is 5.05. The molecule has 0 spiro atoms. The molecule has 0 saturated heterocycles. The van der Waals surface area contributed by atoms with Crippen LogP contribution in [0.25, 0.3) is 0 Å². The van der Waals surface area contributed by atoms with Gasteiger partial charge in [0.1, 0.15) is 0 Å². The number of hydrogen-bond acceptors (Lipinski definition) is 4. The summed E-state index contributed by atoms with van der Waals surface area (Å²) in [5.74, 6) is -9.31. The summed E-state index contributed by atoms with van der Waals surface area (Å²) in [5.41, 5.74) is 0.949. The molecule has 9 heteroatoms. The van der Waals surface area contributed by atoms with E-state index in [9.17, 15) is 27.2 Å². The molecule has 26 heavy (non-hydrogen) atoms. The molecule has 1 amide bonds. The zero-order valence-corrected chi connectivity index (χ0v) is 13.4. The van der Waals surface area contributed by atoms with Gasteiger partial charge in [0.05, 0.1) is 12.7 Å². The second kappa shape index (κ2) is 8.32. The zero-order chi connectivity index (χ0) is 19.3. The number of halogens is 4. The van der Waals surface area contributed by atoms with Crippen LogP contribution in [-0.4, -0.2) is 25.6 Å². The van der Waals surface area contributed by atoms with Gasteiger partial charge in [0.2, 0.25) is 11.6 Å². The Morgan fingerprint density at radius 1 is 1.00 bits per heavy atom. The van der Waals surface area contributed by atoms with Crippen LogP contribution < -0.4 is 10.1 Å². The summed E-state index contributed by atoms with van der Waals surface area (Å²) in [6, 6.07) is 6.15. The fraction of sp³-hybridized carbons (Fsp3) is 0.176. The minimum absolute atomic E-state index is 0.0339. The van der Waals surface area contributed by atoms with Crippen molar-refractivity contribution in [3.8, 4) is 5.75 Å². The monoisotopic (exact) mass is 371 g/mol. The van der Waals surface area contributed by atoms with Crippen LogP contribution in [0.3, 0.4) is 0 Å². The van der Waals surface area contributed by atoms with E-state index in [-0.39, 0.29) is 12.6 Å². The lowest BCUT2D eigenvalue weighted by atomic mass is 10.1. The summed E-state index contributed by atoms with van der Waals surface area (Å²) in [6.45, 7) is -0.816. The van der Waals surface area contributed by atoms with Crippen molar-refractivity contribution in [3.05, 3.63) is 64.7 Å². The average molecular weight is 371 g/mol. The smallest absolute Gasteiger partial charge is 0.337 e. The molecule has 0 saturated carbocycles. The molecule has 2 rings (SSSR count). The highest BCUT2D eigenvalue weighted by molar-refractivity contribution is 5.89. The Morgan fingerprint density at radius 3 is 2.12 bits per heavy atom. The van der Waals surface area contributed by atoms with Crippen LogP contribution in [0.2, 0.25) is 0 Å². The molecule has 0 bridgehead atoms. The highest BCUT2D eigenvalue weighted by atomic mass is 19.2. The number of benzene rings is 2. The predicted molar refractivity (Wildman–Crippen MR) is 81.4 cm³/mol. The Labute approximate surface area is 145 Å². The van der Waals surface area contributed by atoms with E-state index in [0.717, 1.165) is 0 Å². The molecule has 2 aromatic carbocycles.